The average molecular weight is 733 g/mol. The molecule has 1 aliphatic carbocycles. The van der Waals surface area contributed by atoms with Crippen molar-refractivity contribution in [2.24, 2.45) is 9.98 Å². The van der Waals surface area contributed by atoms with E-state index in [1.165, 1.54) is 22.3 Å². The Bertz CT molecular complexity index is 2870. The highest BCUT2D eigenvalue weighted by Crippen LogP contribution is 2.63. The van der Waals surface area contributed by atoms with Gasteiger partial charge < -0.3 is 15.8 Å². The van der Waals surface area contributed by atoms with Crippen LogP contribution in [-0.2, 0) is 5.41 Å². The third-order valence-electron chi connectivity index (χ3n) is 11.6. The maximum absolute atomic E-state index is 6.93. The number of ether oxygens (including phenoxy) is 1. The summed E-state index contributed by atoms with van der Waals surface area (Å²) in [4.78, 5) is 10.1. The number of nitrogens with zero attached hydrogens (tertiary/aromatic N) is 2. The molecule has 0 radical (unpaired) electrons. The number of rotatable bonds is 5. The molecular weight excluding hydrogens is 697 g/mol. The van der Waals surface area contributed by atoms with Gasteiger partial charge in [-0.1, -0.05) is 182 Å². The molecule has 0 bridgehead atoms. The number of hydrogen-bond acceptors (Lipinski definition) is 5. The average Bonchev–Trinajstić information content (AvgIpc) is 3.58. The highest BCUT2D eigenvalue weighted by molar-refractivity contribution is 6.13. The number of aliphatic imine (C=N–C) groups is 2. The van der Waals surface area contributed by atoms with E-state index in [0.717, 1.165) is 61.7 Å². The van der Waals surface area contributed by atoms with Crippen LogP contribution in [0.2, 0.25) is 0 Å². The molecule has 3 N–H and O–H groups in total. The first-order chi connectivity index (χ1) is 28.2. The molecule has 270 valence electrons. The minimum absolute atomic E-state index is 0.261. The molecule has 0 saturated carbocycles. The second-order valence-corrected chi connectivity index (χ2v) is 14.7. The van der Waals surface area contributed by atoms with E-state index in [1.807, 2.05) is 48.5 Å². The first-order valence-corrected chi connectivity index (χ1v) is 19.3. The van der Waals surface area contributed by atoms with Crippen molar-refractivity contribution in [2.45, 2.75) is 11.6 Å². The lowest BCUT2D eigenvalue weighted by molar-refractivity contribution is 0.440. The van der Waals surface area contributed by atoms with E-state index in [2.05, 4.69) is 151 Å². The fourth-order valence-electron chi connectivity index (χ4n) is 9.00. The lowest BCUT2D eigenvalue weighted by Gasteiger charge is -2.40. The number of para-hydroxylation sites is 2. The van der Waals surface area contributed by atoms with Crippen molar-refractivity contribution < 1.29 is 4.74 Å². The van der Waals surface area contributed by atoms with E-state index in [-0.39, 0.29) is 6.17 Å². The minimum Gasteiger partial charge on any atom is -0.454 e. The molecule has 3 aliphatic rings. The van der Waals surface area contributed by atoms with Crippen LogP contribution in [0, 0.1) is 0 Å². The molecule has 0 saturated heterocycles. The molecular formula is C52H36N4O. The molecule has 5 nitrogen and oxygen atoms in total. The number of nitrogens with two attached hydrogens (primary N) is 1. The number of amidine groups is 2. The first kappa shape index (κ1) is 32.9. The van der Waals surface area contributed by atoms with E-state index in [4.69, 9.17) is 20.5 Å². The second kappa shape index (κ2) is 13.1. The van der Waals surface area contributed by atoms with Gasteiger partial charge in [-0.25, -0.2) is 9.98 Å². The summed E-state index contributed by atoms with van der Waals surface area (Å²) in [7, 11) is 0. The molecule has 11 rings (SSSR count). The predicted molar refractivity (Wildman–Crippen MR) is 231 cm³/mol. The maximum atomic E-state index is 6.93. The molecule has 8 aromatic rings. The van der Waals surface area contributed by atoms with Crippen molar-refractivity contribution in [1.29, 1.82) is 0 Å². The summed E-state index contributed by atoms with van der Waals surface area (Å²) in [5, 5.41) is 3.56. The van der Waals surface area contributed by atoms with Crippen molar-refractivity contribution in [3.8, 4) is 44.9 Å². The second-order valence-electron chi connectivity index (χ2n) is 14.7. The third-order valence-corrected chi connectivity index (χ3v) is 11.6. The standard InChI is InChI=1S/C52H36N4O/c53-46-27-13-26-45-48(46)57-47-39(22-12-25-44(47)52(45)42-23-9-7-20-40(42)41-21-8-10-24-43(41)52)34-30-28-33(29-31-34)37-18-11-19-38(32-37)51-55-49(35-14-3-1-4-15-35)54-50(56-51)36-16-5-2-6-17-36/h1-32,49H,53H2,(H,54,55,56). The molecule has 57 heavy (non-hydrogen) atoms. The van der Waals surface area contributed by atoms with Gasteiger partial charge in [0, 0.05) is 27.8 Å². The zero-order valence-electron chi connectivity index (χ0n) is 30.9. The van der Waals surface area contributed by atoms with Crippen LogP contribution >= 0.6 is 0 Å². The Labute approximate surface area is 331 Å². The Balaban J connectivity index is 0.995. The fraction of sp³-hybridized carbons (Fsp3) is 0.0385. The zero-order chi connectivity index (χ0) is 37.9. The van der Waals surface area contributed by atoms with Gasteiger partial charge in [-0.3, -0.25) is 0 Å². The lowest BCUT2D eigenvalue weighted by atomic mass is 9.65. The van der Waals surface area contributed by atoms with Crippen LogP contribution in [0.4, 0.5) is 5.69 Å². The lowest BCUT2D eigenvalue weighted by Crippen LogP contribution is -2.33. The van der Waals surface area contributed by atoms with Crippen LogP contribution < -0.4 is 15.8 Å². The summed E-state index contributed by atoms with van der Waals surface area (Å²) >= 11 is 0. The monoisotopic (exact) mass is 732 g/mol. The summed E-state index contributed by atoms with van der Waals surface area (Å²) in [6.07, 6.45) is -0.261. The summed E-state index contributed by atoms with van der Waals surface area (Å²) in [5.74, 6) is 3.03. The third kappa shape index (κ3) is 5.16. The quantitative estimate of drug-likeness (QED) is 0.173. The zero-order valence-corrected chi connectivity index (χ0v) is 30.9. The number of nitrogens with one attached hydrogen (secondary N) is 1. The van der Waals surface area contributed by atoms with Gasteiger partial charge in [0.15, 0.2) is 11.6 Å². The molecule has 0 fully saturated rings. The highest BCUT2D eigenvalue weighted by atomic mass is 16.5. The van der Waals surface area contributed by atoms with Gasteiger partial charge in [-0.2, -0.15) is 0 Å². The van der Waals surface area contributed by atoms with E-state index in [9.17, 15) is 0 Å². The van der Waals surface area contributed by atoms with Crippen molar-refractivity contribution in [1.82, 2.24) is 5.32 Å². The van der Waals surface area contributed by atoms with E-state index >= 15 is 0 Å². The molecule has 0 aromatic heterocycles. The Morgan fingerprint density at radius 2 is 1.00 bits per heavy atom. The Hall–Kier alpha value is -7.50. The molecule has 2 aliphatic heterocycles. The molecule has 1 atom stereocenters. The van der Waals surface area contributed by atoms with Crippen LogP contribution in [0.3, 0.4) is 0 Å². The molecule has 1 spiro atoms. The summed E-state index contributed by atoms with van der Waals surface area (Å²) in [5.41, 5.74) is 21.2. The number of nitrogen functional groups attached to an aromatic ring is 1. The van der Waals surface area contributed by atoms with Gasteiger partial charge in [-0.05, 0) is 56.6 Å². The molecule has 0 amide bonds. The van der Waals surface area contributed by atoms with Crippen LogP contribution in [0.15, 0.2) is 204 Å². The van der Waals surface area contributed by atoms with Gasteiger partial charge in [-0.15, -0.1) is 0 Å². The topological polar surface area (TPSA) is 72.0 Å². The Morgan fingerprint density at radius 1 is 0.456 bits per heavy atom. The highest BCUT2D eigenvalue weighted by Gasteiger charge is 2.51. The number of fused-ring (bicyclic) bond motifs is 9. The van der Waals surface area contributed by atoms with E-state index in [1.54, 1.807) is 0 Å². The van der Waals surface area contributed by atoms with Crippen molar-refractivity contribution in [3.63, 3.8) is 0 Å². The number of benzene rings is 8. The van der Waals surface area contributed by atoms with Crippen LogP contribution in [0.5, 0.6) is 11.5 Å². The van der Waals surface area contributed by atoms with Gasteiger partial charge in [0.1, 0.15) is 17.8 Å². The minimum atomic E-state index is -0.582. The SMILES string of the molecule is Nc1cccc2c1Oc1c(-c3ccc(-c4cccc(C5=NC(c6ccccc6)NC(c6ccccc6)=N5)c4)cc3)cccc1C21c2ccccc2-c2ccccc21. The van der Waals surface area contributed by atoms with Crippen LogP contribution in [-0.4, -0.2) is 11.7 Å². The smallest absolute Gasteiger partial charge is 0.159 e. The van der Waals surface area contributed by atoms with E-state index < -0.39 is 5.41 Å². The first-order valence-electron chi connectivity index (χ1n) is 19.3. The van der Waals surface area contributed by atoms with Crippen molar-refractivity contribution in [3.05, 3.63) is 233 Å². The molecule has 2 heterocycles. The van der Waals surface area contributed by atoms with Gasteiger partial charge in [0.25, 0.3) is 0 Å². The normalized spacial score (nSPS) is 15.5. The summed E-state index contributed by atoms with van der Waals surface area (Å²) < 4.78 is 6.93. The van der Waals surface area contributed by atoms with Gasteiger partial charge >= 0.3 is 0 Å². The maximum Gasteiger partial charge on any atom is 0.159 e. The van der Waals surface area contributed by atoms with E-state index in [0.29, 0.717) is 17.3 Å². The molecule has 1 unspecified atom stereocenters. The fourth-order valence-corrected chi connectivity index (χ4v) is 9.00. The van der Waals surface area contributed by atoms with Crippen molar-refractivity contribution in [2.75, 3.05) is 5.73 Å². The summed E-state index contributed by atoms with van der Waals surface area (Å²) in [6, 6.07) is 68.0. The van der Waals surface area contributed by atoms with Crippen LogP contribution in [0.25, 0.3) is 33.4 Å². The number of hydrogen-bond donors (Lipinski definition) is 2. The predicted octanol–water partition coefficient (Wildman–Crippen LogP) is 11.6. The molecule has 8 aromatic carbocycles. The van der Waals surface area contributed by atoms with Gasteiger partial charge in [0.2, 0.25) is 0 Å². The van der Waals surface area contributed by atoms with Crippen molar-refractivity contribution >= 4 is 17.4 Å². The number of anilines is 1. The largest absolute Gasteiger partial charge is 0.454 e. The summed E-state index contributed by atoms with van der Waals surface area (Å²) in [6.45, 7) is 0. The molecule has 5 heteroatoms. The van der Waals surface area contributed by atoms with Crippen LogP contribution in [0.1, 0.15) is 45.1 Å². The Kier molecular flexibility index (Phi) is 7.54. The Morgan fingerprint density at radius 3 is 1.74 bits per heavy atom. The van der Waals surface area contributed by atoms with Gasteiger partial charge in [0.05, 0.1) is 11.1 Å².